The van der Waals surface area contributed by atoms with Crippen LogP contribution in [0.3, 0.4) is 0 Å². The van der Waals surface area contributed by atoms with E-state index in [4.69, 9.17) is 9.26 Å². The van der Waals surface area contributed by atoms with Crippen LogP contribution in [0.25, 0.3) is 0 Å². The predicted molar refractivity (Wildman–Crippen MR) is 68.2 cm³/mol. The zero-order chi connectivity index (χ0) is 13.0. The second kappa shape index (κ2) is 5.80. The maximum absolute atomic E-state index is 5.76. The van der Waals surface area contributed by atoms with E-state index in [1.165, 1.54) is 12.8 Å². The lowest BCUT2D eigenvalue weighted by atomic mass is 10.0. The van der Waals surface area contributed by atoms with E-state index in [1.54, 1.807) is 0 Å². The Labute approximate surface area is 108 Å². The van der Waals surface area contributed by atoms with Crippen LogP contribution in [0.15, 0.2) is 4.52 Å². The van der Waals surface area contributed by atoms with Crippen molar-refractivity contribution in [3.8, 4) is 0 Å². The van der Waals surface area contributed by atoms with Gasteiger partial charge in [-0.3, -0.25) is 0 Å². The van der Waals surface area contributed by atoms with Crippen LogP contribution in [0.4, 0.5) is 0 Å². The Morgan fingerprint density at radius 3 is 2.89 bits per heavy atom. The Hall–Kier alpha value is -0.940. The van der Waals surface area contributed by atoms with Crippen molar-refractivity contribution in [2.75, 3.05) is 13.2 Å². The maximum atomic E-state index is 5.76. The third kappa shape index (κ3) is 2.72. The first-order chi connectivity index (χ1) is 8.69. The third-order valence-corrected chi connectivity index (χ3v) is 3.66. The Bertz CT molecular complexity index is 374. The molecule has 18 heavy (non-hydrogen) atoms. The summed E-state index contributed by atoms with van der Waals surface area (Å²) in [6.07, 6.45) is 4.34. The van der Waals surface area contributed by atoms with E-state index in [9.17, 15) is 0 Å². The van der Waals surface area contributed by atoms with Gasteiger partial charge in [-0.05, 0) is 39.7 Å². The van der Waals surface area contributed by atoms with Crippen LogP contribution in [-0.2, 0) is 10.3 Å². The van der Waals surface area contributed by atoms with Crippen LogP contribution in [0.5, 0.6) is 0 Å². The molecule has 1 aromatic rings. The predicted octanol–water partition coefficient (Wildman–Crippen LogP) is 2.55. The third-order valence-electron chi connectivity index (χ3n) is 3.66. The van der Waals surface area contributed by atoms with E-state index in [-0.39, 0.29) is 6.04 Å². The summed E-state index contributed by atoms with van der Waals surface area (Å²) in [5.74, 6) is 1.36. The zero-order valence-electron chi connectivity index (χ0n) is 11.5. The fourth-order valence-electron chi connectivity index (χ4n) is 2.30. The van der Waals surface area contributed by atoms with E-state index in [0.29, 0.717) is 18.3 Å². The molecule has 1 fully saturated rings. The van der Waals surface area contributed by atoms with Gasteiger partial charge >= 0.3 is 0 Å². The van der Waals surface area contributed by atoms with Gasteiger partial charge in [-0.2, -0.15) is 4.98 Å². The second-order valence-corrected chi connectivity index (χ2v) is 4.98. The SMILES string of the molecule is CCOC(C)(CC)c1noc(C2CCCCN2)n1. The molecular weight excluding hydrogens is 230 g/mol. The van der Waals surface area contributed by atoms with Crippen molar-refractivity contribution in [3.05, 3.63) is 11.7 Å². The normalized spacial score (nSPS) is 23.8. The first-order valence-corrected chi connectivity index (χ1v) is 6.91. The summed E-state index contributed by atoms with van der Waals surface area (Å²) in [6.45, 7) is 7.75. The molecule has 5 nitrogen and oxygen atoms in total. The lowest BCUT2D eigenvalue weighted by Crippen LogP contribution is -2.28. The van der Waals surface area contributed by atoms with Gasteiger partial charge in [-0.1, -0.05) is 18.5 Å². The maximum Gasteiger partial charge on any atom is 0.243 e. The first kappa shape index (κ1) is 13.5. The fourth-order valence-corrected chi connectivity index (χ4v) is 2.30. The monoisotopic (exact) mass is 253 g/mol. The molecule has 0 radical (unpaired) electrons. The van der Waals surface area contributed by atoms with Gasteiger partial charge in [0.1, 0.15) is 5.60 Å². The molecule has 0 spiro atoms. The number of nitrogens with one attached hydrogen (secondary N) is 1. The molecule has 2 rings (SSSR count). The first-order valence-electron chi connectivity index (χ1n) is 6.91. The number of aromatic nitrogens is 2. The summed E-state index contributed by atoms with van der Waals surface area (Å²) in [5.41, 5.74) is -0.439. The molecule has 1 aliphatic rings. The minimum atomic E-state index is -0.439. The van der Waals surface area contributed by atoms with Crippen molar-refractivity contribution in [3.63, 3.8) is 0 Å². The van der Waals surface area contributed by atoms with E-state index in [0.717, 1.165) is 19.4 Å². The minimum Gasteiger partial charge on any atom is -0.367 e. The number of ether oxygens (including phenoxy) is 1. The average molecular weight is 253 g/mol. The van der Waals surface area contributed by atoms with Crippen LogP contribution in [0.1, 0.15) is 64.2 Å². The Morgan fingerprint density at radius 2 is 2.28 bits per heavy atom. The van der Waals surface area contributed by atoms with Crippen LogP contribution in [0, 0.1) is 0 Å². The molecule has 1 saturated heterocycles. The zero-order valence-corrected chi connectivity index (χ0v) is 11.5. The largest absolute Gasteiger partial charge is 0.367 e. The van der Waals surface area contributed by atoms with Gasteiger partial charge in [0.2, 0.25) is 11.7 Å². The Balaban J connectivity index is 2.13. The van der Waals surface area contributed by atoms with Crippen molar-refractivity contribution >= 4 is 0 Å². The molecule has 5 heteroatoms. The van der Waals surface area contributed by atoms with Crippen LogP contribution in [0.2, 0.25) is 0 Å². The number of hydrogen-bond acceptors (Lipinski definition) is 5. The molecular formula is C13H23N3O2. The van der Waals surface area contributed by atoms with Crippen molar-refractivity contribution in [1.29, 1.82) is 0 Å². The second-order valence-electron chi connectivity index (χ2n) is 4.98. The van der Waals surface area contributed by atoms with Crippen molar-refractivity contribution in [2.24, 2.45) is 0 Å². The summed E-state index contributed by atoms with van der Waals surface area (Å²) < 4.78 is 11.2. The highest BCUT2D eigenvalue weighted by Gasteiger charge is 2.32. The van der Waals surface area contributed by atoms with Gasteiger partial charge in [0, 0.05) is 6.61 Å². The summed E-state index contributed by atoms with van der Waals surface area (Å²) in [7, 11) is 0. The lowest BCUT2D eigenvalue weighted by molar-refractivity contribution is -0.0403. The van der Waals surface area contributed by atoms with Gasteiger partial charge in [-0.25, -0.2) is 0 Å². The molecule has 0 aliphatic carbocycles. The molecule has 1 N–H and O–H groups in total. The summed E-state index contributed by atoms with van der Waals surface area (Å²) in [6, 6.07) is 0.211. The highest BCUT2D eigenvalue weighted by atomic mass is 16.5. The van der Waals surface area contributed by atoms with Crippen molar-refractivity contribution < 1.29 is 9.26 Å². The molecule has 1 aromatic heterocycles. The van der Waals surface area contributed by atoms with E-state index in [1.807, 2.05) is 13.8 Å². The minimum absolute atomic E-state index is 0.211. The number of rotatable bonds is 5. The number of piperidine rings is 1. The molecule has 2 unspecified atom stereocenters. The number of nitrogens with zero attached hydrogens (tertiary/aromatic N) is 2. The Kier molecular flexibility index (Phi) is 4.35. The standard InChI is InChI=1S/C13H23N3O2/c1-4-13(3,17-5-2)12-15-11(18-16-12)10-8-6-7-9-14-10/h10,14H,4-9H2,1-3H3. The smallest absolute Gasteiger partial charge is 0.243 e. The van der Waals surface area contributed by atoms with Crippen LogP contribution >= 0.6 is 0 Å². The molecule has 2 heterocycles. The fraction of sp³-hybridized carbons (Fsp3) is 0.846. The van der Waals surface area contributed by atoms with Gasteiger partial charge in [-0.15, -0.1) is 0 Å². The van der Waals surface area contributed by atoms with E-state index < -0.39 is 5.60 Å². The molecule has 0 aromatic carbocycles. The summed E-state index contributed by atoms with van der Waals surface area (Å²) in [5, 5.41) is 7.51. The summed E-state index contributed by atoms with van der Waals surface area (Å²) >= 11 is 0. The topological polar surface area (TPSA) is 60.2 Å². The van der Waals surface area contributed by atoms with Crippen molar-refractivity contribution in [2.45, 2.75) is 58.1 Å². The highest BCUT2D eigenvalue weighted by Crippen LogP contribution is 2.29. The van der Waals surface area contributed by atoms with Crippen molar-refractivity contribution in [1.82, 2.24) is 15.5 Å². The van der Waals surface area contributed by atoms with Gasteiger partial charge in [0.05, 0.1) is 6.04 Å². The number of hydrogen-bond donors (Lipinski definition) is 1. The molecule has 1 aliphatic heterocycles. The van der Waals surface area contributed by atoms with Gasteiger partial charge in [0.25, 0.3) is 0 Å². The van der Waals surface area contributed by atoms with Gasteiger partial charge in [0.15, 0.2) is 0 Å². The molecule has 102 valence electrons. The molecule has 0 bridgehead atoms. The average Bonchev–Trinajstić information content (AvgIpc) is 2.90. The van der Waals surface area contributed by atoms with E-state index in [2.05, 4.69) is 22.4 Å². The van der Waals surface area contributed by atoms with E-state index >= 15 is 0 Å². The highest BCUT2D eigenvalue weighted by molar-refractivity contribution is 5.02. The summed E-state index contributed by atoms with van der Waals surface area (Å²) in [4.78, 5) is 4.53. The molecule has 0 amide bonds. The lowest BCUT2D eigenvalue weighted by Gasteiger charge is -2.24. The van der Waals surface area contributed by atoms with Crippen LogP contribution in [-0.4, -0.2) is 23.3 Å². The van der Waals surface area contributed by atoms with Crippen LogP contribution < -0.4 is 5.32 Å². The van der Waals surface area contributed by atoms with Gasteiger partial charge < -0.3 is 14.6 Å². The molecule has 0 saturated carbocycles. The quantitative estimate of drug-likeness (QED) is 0.873. The molecule has 2 atom stereocenters. The Morgan fingerprint density at radius 1 is 1.44 bits per heavy atom.